The highest BCUT2D eigenvalue weighted by molar-refractivity contribution is 7.10. The number of hydrogen-bond acceptors (Lipinski definition) is 7. The van der Waals surface area contributed by atoms with Gasteiger partial charge in [-0.25, -0.2) is 0 Å². The number of hydrogen-bond donors (Lipinski definition) is 2. The van der Waals surface area contributed by atoms with Gasteiger partial charge in [-0.1, -0.05) is 6.07 Å². The van der Waals surface area contributed by atoms with Crippen LogP contribution in [0, 0.1) is 5.92 Å². The highest BCUT2D eigenvalue weighted by atomic mass is 32.1. The van der Waals surface area contributed by atoms with Gasteiger partial charge in [-0.05, 0) is 43.3 Å². The number of piperidine rings is 1. The number of methoxy groups -OCH3 is 2. The molecule has 2 N–H and O–H groups in total. The average molecular weight is 394 g/mol. The molecule has 0 bridgehead atoms. The molecule has 2 aromatic rings. The number of likely N-dealkylation sites (tertiary alicyclic amines) is 1. The molecule has 0 radical (unpaired) electrons. The molecule has 1 unspecified atom stereocenters. The lowest BCUT2D eigenvalue weighted by Gasteiger charge is -2.34. The lowest BCUT2D eigenvalue weighted by Crippen LogP contribution is -2.35. The molecule has 3 heterocycles. The van der Waals surface area contributed by atoms with Crippen LogP contribution >= 0.6 is 11.3 Å². The Morgan fingerprint density at radius 2 is 2.04 bits per heavy atom. The average Bonchev–Trinajstić information content (AvgIpc) is 3.23. The van der Waals surface area contributed by atoms with Gasteiger partial charge in [-0.15, -0.1) is 11.3 Å². The monoisotopic (exact) mass is 394 g/mol. The zero-order valence-corrected chi connectivity index (χ0v) is 16.4. The van der Waals surface area contributed by atoms with Crippen LogP contribution in [0.5, 0.6) is 11.5 Å². The van der Waals surface area contributed by atoms with Crippen LogP contribution in [-0.4, -0.2) is 53.9 Å². The van der Waals surface area contributed by atoms with E-state index in [1.54, 1.807) is 31.8 Å². The van der Waals surface area contributed by atoms with Gasteiger partial charge < -0.3 is 19.7 Å². The molecule has 1 atom stereocenters. The fraction of sp³-hybridized carbons (Fsp3) is 0.474. The van der Waals surface area contributed by atoms with Gasteiger partial charge in [0.15, 0.2) is 11.5 Å². The number of thiophene rings is 1. The van der Waals surface area contributed by atoms with Crippen LogP contribution in [0.2, 0.25) is 0 Å². The van der Waals surface area contributed by atoms with Crippen LogP contribution in [0.25, 0.3) is 0 Å². The minimum atomic E-state index is -0.336. The second kappa shape index (κ2) is 10.9. The van der Waals surface area contributed by atoms with Crippen molar-refractivity contribution in [1.29, 1.82) is 0 Å². The summed E-state index contributed by atoms with van der Waals surface area (Å²) in [5.41, 5.74) is 0.897. The number of pyridine rings is 1. The maximum Gasteiger partial charge on any atom is 0.290 e. The quantitative estimate of drug-likeness (QED) is 0.728. The first kappa shape index (κ1) is 21.1. The standard InChI is InChI=1S/C18H24N2O3S.CH2O2/c1-22-15-5-8-19-14(18(15)23-2)12-20-9-6-13(7-10-20)17(21)16-4-3-11-24-16;2-1-3/h3-5,8,11,13,17,21H,6-7,9-10,12H2,1-2H3;1H,(H,2,3). The zero-order chi connectivity index (χ0) is 19.6. The van der Waals surface area contributed by atoms with Crippen LogP contribution in [0.3, 0.4) is 0 Å². The van der Waals surface area contributed by atoms with E-state index in [9.17, 15) is 5.11 Å². The molecule has 0 spiro atoms. The van der Waals surface area contributed by atoms with Crippen molar-refractivity contribution in [1.82, 2.24) is 9.88 Å². The van der Waals surface area contributed by atoms with Gasteiger partial charge in [-0.2, -0.15) is 0 Å². The van der Waals surface area contributed by atoms with Crippen LogP contribution in [0.15, 0.2) is 29.8 Å². The third-order valence-corrected chi connectivity index (χ3v) is 5.60. The van der Waals surface area contributed by atoms with Crippen LogP contribution in [0.4, 0.5) is 0 Å². The molecule has 1 aliphatic rings. The fourth-order valence-corrected chi connectivity index (χ4v) is 4.10. The predicted octanol–water partition coefficient (Wildman–Crippen LogP) is 2.81. The Kier molecular flexibility index (Phi) is 8.50. The van der Waals surface area contributed by atoms with Crippen molar-refractivity contribution >= 4 is 17.8 Å². The summed E-state index contributed by atoms with van der Waals surface area (Å²) in [5, 5.41) is 19.4. The maximum absolute atomic E-state index is 10.5. The van der Waals surface area contributed by atoms with Crippen molar-refractivity contribution < 1.29 is 24.5 Å². The van der Waals surface area contributed by atoms with E-state index in [4.69, 9.17) is 19.4 Å². The highest BCUT2D eigenvalue weighted by Crippen LogP contribution is 2.34. The molecule has 27 heavy (non-hydrogen) atoms. The summed E-state index contributed by atoms with van der Waals surface area (Å²) >= 11 is 1.63. The van der Waals surface area contributed by atoms with Crippen molar-refractivity contribution in [2.75, 3.05) is 27.3 Å². The Labute approximate surface area is 163 Å². The zero-order valence-electron chi connectivity index (χ0n) is 15.6. The second-order valence-electron chi connectivity index (χ2n) is 6.17. The van der Waals surface area contributed by atoms with E-state index in [1.165, 1.54) is 0 Å². The summed E-state index contributed by atoms with van der Waals surface area (Å²) < 4.78 is 10.8. The third-order valence-electron chi connectivity index (χ3n) is 4.65. The predicted molar refractivity (Wildman–Crippen MR) is 103 cm³/mol. The number of aliphatic hydroxyl groups excluding tert-OH is 1. The van der Waals surface area contributed by atoms with Crippen molar-refractivity contribution in [2.24, 2.45) is 5.92 Å². The molecular formula is C19H26N2O5S. The minimum absolute atomic E-state index is 0.250. The van der Waals surface area contributed by atoms with Gasteiger partial charge in [0.2, 0.25) is 0 Å². The van der Waals surface area contributed by atoms with E-state index < -0.39 is 0 Å². The molecule has 1 fully saturated rings. The number of rotatable bonds is 6. The Morgan fingerprint density at radius 1 is 1.33 bits per heavy atom. The molecule has 1 aliphatic heterocycles. The van der Waals surface area contributed by atoms with Gasteiger partial charge in [0.25, 0.3) is 6.47 Å². The Hall–Kier alpha value is -2.16. The molecular weight excluding hydrogens is 368 g/mol. The number of carboxylic acid groups (broad SMARTS) is 1. The van der Waals surface area contributed by atoms with Crippen LogP contribution in [-0.2, 0) is 11.3 Å². The fourth-order valence-electron chi connectivity index (χ4n) is 3.29. The summed E-state index contributed by atoms with van der Waals surface area (Å²) in [6.45, 7) is 2.40. The number of nitrogens with zero attached hydrogens (tertiary/aromatic N) is 2. The first-order valence-electron chi connectivity index (χ1n) is 8.72. The molecule has 0 saturated carbocycles. The lowest BCUT2D eigenvalue weighted by atomic mass is 9.90. The van der Waals surface area contributed by atoms with Crippen molar-refractivity contribution in [3.8, 4) is 11.5 Å². The van der Waals surface area contributed by atoms with Gasteiger partial charge in [0.05, 0.1) is 20.3 Å². The van der Waals surface area contributed by atoms with Gasteiger partial charge in [-0.3, -0.25) is 14.7 Å². The molecule has 148 valence electrons. The number of aliphatic hydroxyl groups is 1. The number of aromatic nitrogens is 1. The number of carbonyl (C=O) groups is 1. The Morgan fingerprint density at radius 3 is 2.59 bits per heavy atom. The lowest BCUT2D eigenvalue weighted by molar-refractivity contribution is -0.122. The Bertz CT molecular complexity index is 687. The van der Waals surface area contributed by atoms with E-state index in [0.29, 0.717) is 17.4 Å². The summed E-state index contributed by atoms with van der Waals surface area (Å²) in [4.78, 5) is 16.3. The third kappa shape index (κ3) is 5.66. The maximum atomic E-state index is 10.5. The van der Waals surface area contributed by atoms with E-state index in [2.05, 4.69) is 9.88 Å². The SMILES string of the molecule is COc1ccnc(CN2CCC(C(O)c3cccs3)CC2)c1OC.O=CO. The summed E-state index contributed by atoms with van der Waals surface area (Å²) in [6, 6.07) is 5.83. The largest absolute Gasteiger partial charge is 0.493 e. The second-order valence-corrected chi connectivity index (χ2v) is 7.15. The van der Waals surface area contributed by atoms with Gasteiger partial charge >= 0.3 is 0 Å². The molecule has 1 saturated heterocycles. The summed E-state index contributed by atoms with van der Waals surface area (Å²) in [7, 11) is 3.28. The Balaban J connectivity index is 0.000000817. The smallest absolute Gasteiger partial charge is 0.290 e. The van der Waals surface area contributed by atoms with Gasteiger partial charge in [0.1, 0.15) is 5.69 Å². The van der Waals surface area contributed by atoms with Crippen molar-refractivity contribution in [3.63, 3.8) is 0 Å². The van der Waals surface area contributed by atoms with Crippen molar-refractivity contribution in [2.45, 2.75) is 25.5 Å². The topological polar surface area (TPSA) is 92.1 Å². The molecule has 0 amide bonds. The highest BCUT2D eigenvalue weighted by Gasteiger charge is 2.27. The molecule has 2 aromatic heterocycles. The van der Waals surface area contributed by atoms with E-state index in [0.717, 1.165) is 43.0 Å². The molecule has 3 rings (SSSR count). The van der Waals surface area contributed by atoms with Crippen LogP contribution < -0.4 is 9.47 Å². The minimum Gasteiger partial charge on any atom is -0.493 e. The molecule has 8 heteroatoms. The summed E-state index contributed by atoms with van der Waals surface area (Å²) in [5.74, 6) is 1.76. The van der Waals surface area contributed by atoms with E-state index in [1.807, 2.05) is 23.6 Å². The molecule has 0 aliphatic carbocycles. The first-order valence-corrected chi connectivity index (χ1v) is 9.60. The number of ether oxygens (including phenoxy) is 2. The van der Waals surface area contributed by atoms with E-state index in [-0.39, 0.29) is 12.6 Å². The normalized spacial score (nSPS) is 16.1. The molecule has 0 aromatic carbocycles. The molecule has 7 nitrogen and oxygen atoms in total. The first-order chi connectivity index (χ1) is 13.1. The summed E-state index contributed by atoms with van der Waals surface area (Å²) in [6.07, 6.45) is 3.40. The van der Waals surface area contributed by atoms with Crippen molar-refractivity contribution in [3.05, 3.63) is 40.3 Å². The van der Waals surface area contributed by atoms with Crippen LogP contribution in [0.1, 0.15) is 29.5 Å². The van der Waals surface area contributed by atoms with Gasteiger partial charge in [0, 0.05) is 23.7 Å². The van der Waals surface area contributed by atoms with E-state index >= 15 is 0 Å².